The van der Waals surface area contributed by atoms with E-state index in [1.165, 1.54) is 13.8 Å². The Kier molecular flexibility index (Phi) is 2.55. The van der Waals surface area contributed by atoms with Crippen molar-refractivity contribution in [3.8, 4) is 0 Å². The van der Waals surface area contributed by atoms with E-state index in [1.54, 1.807) is 0 Å². The van der Waals surface area contributed by atoms with E-state index in [4.69, 9.17) is 5.73 Å². The molecule has 2 N–H and O–H groups in total. The molecule has 1 atom stereocenters. The van der Waals surface area contributed by atoms with Crippen LogP contribution < -0.4 is 5.73 Å². The zero-order chi connectivity index (χ0) is 7.65. The molecule has 0 aliphatic carbocycles. The largest absolute Gasteiger partial charge is 0.494 e. The van der Waals surface area contributed by atoms with Crippen molar-refractivity contribution in [1.82, 2.24) is 0 Å². The van der Waals surface area contributed by atoms with Gasteiger partial charge in [0.2, 0.25) is 0 Å². The molecule has 0 aromatic rings. The molecule has 0 aromatic carbocycles. The molecule has 0 heterocycles. The lowest BCUT2D eigenvalue weighted by Crippen LogP contribution is -2.46. The van der Waals surface area contributed by atoms with E-state index in [-0.39, 0.29) is 0 Å². The minimum Gasteiger partial charge on any atom is -0.448 e. The summed E-state index contributed by atoms with van der Waals surface area (Å²) in [4.78, 5) is 0. The summed E-state index contributed by atoms with van der Waals surface area (Å²) >= 11 is 0. The molecule has 0 saturated carbocycles. The van der Waals surface area contributed by atoms with Crippen LogP contribution in [-0.2, 0) is 0 Å². The summed E-state index contributed by atoms with van der Waals surface area (Å²) < 4.78 is 34.9. The Morgan fingerprint density at radius 2 is 1.56 bits per heavy atom. The Bertz CT molecular complexity index is 90.3. The summed E-state index contributed by atoms with van der Waals surface area (Å²) in [5.41, 5.74) is 4.80. The van der Waals surface area contributed by atoms with Crippen molar-refractivity contribution in [3.05, 3.63) is 0 Å². The molecule has 0 bridgehead atoms. The first kappa shape index (κ1) is 8.81. The zero-order valence-corrected chi connectivity index (χ0v) is 5.44. The first-order valence-corrected chi connectivity index (χ1v) is 2.81. The van der Waals surface area contributed by atoms with Crippen molar-refractivity contribution >= 4 is 6.98 Å². The first-order valence-electron chi connectivity index (χ1n) is 2.81. The van der Waals surface area contributed by atoms with Gasteiger partial charge < -0.3 is 18.7 Å². The van der Waals surface area contributed by atoms with Crippen molar-refractivity contribution in [3.63, 3.8) is 0 Å². The maximum Gasteiger partial charge on any atom is 0.494 e. The zero-order valence-electron chi connectivity index (χ0n) is 5.44. The average Bonchev–Trinajstić information content (AvgIpc) is 1.62. The van der Waals surface area contributed by atoms with Crippen LogP contribution in [0.15, 0.2) is 0 Å². The fraction of sp³-hybridized carbons (Fsp3) is 1.00. The van der Waals surface area contributed by atoms with Gasteiger partial charge in [0.25, 0.3) is 0 Å². The molecule has 0 saturated heterocycles. The predicted octanol–water partition coefficient (Wildman–Crippen LogP) is 1.36. The number of hydrogen-bond donors (Lipinski definition) is 1. The fourth-order valence-electron chi connectivity index (χ4n) is 0.436. The van der Waals surface area contributed by atoms with Crippen molar-refractivity contribution in [1.29, 1.82) is 0 Å². The number of halogens is 3. The molecule has 0 amide bonds. The highest BCUT2D eigenvalue weighted by Gasteiger charge is 2.33. The van der Waals surface area contributed by atoms with Crippen LogP contribution in [0.25, 0.3) is 0 Å². The SMILES string of the molecule is CC(C)C(N)[B-](F)(F)F. The molecule has 0 spiro atoms. The highest BCUT2D eigenvalue weighted by atomic mass is 19.4. The van der Waals surface area contributed by atoms with Gasteiger partial charge in [-0.15, -0.1) is 0 Å². The van der Waals surface area contributed by atoms with Crippen molar-refractivity contribution in [2.24, 2.45) is 11.7 Å². The van der Waals surface area contributed by atoms with Gasteiger partial charge in [-0.1, -0.05) is 19.8 Å². The molecule has 0 aromatic heterocycles. The standard InChI is InChI=1S/C4H10BF3N/c1-3(2)4(9)5(6,7)8/h3-4H,9H2,1-2H3/q-1. The molecular weight excluding hydrogens is 130 g/mol. The second-order valence-electron chi connectivity index (χ2n) is 2.45. The highest BCUT2D eigenvalue weighted by molar-refractivity contribution is 6.60. The third kappa shape index (κ3) is 2.74. The summed E-state index contributed by atoms with van der Waals surface area (Å²) in [7, 11) is 0. The van der Waals surface area contributed by atoms with Crippen LogP contribution in [0, 0.1) is 5.92 Å². The summed E-state index contributed by atoms with van der Waals surface area (Å²) in [6, 6.07) is 0. The minimum atomic E-state index is -4.83. The van der Waals surface area contributed by atoms with Gasteiger partial charge in [0.05, 0.1) is 0 Å². The van der Waals surface area contributed by atoms with E-state index in [2.05, 4.69) is 0 Å². The Morgan fingerprint density at radius 1 is 1.22 bits per heavy atom. The van der Waals surface area contributed by atoms with Crippen LogP contribution >= 0.6 is 0 Å². The van der Waals surface area contributed by atoms with Gasteiger partial charge >= 0.3 is 6.98 Å². The van der Waals surface area contributed by atoms with Crippen molar-refractivity contribution in [2.75, 3.05) is 0 Å². The van der Waals surface area contributed by atoms with Gasteiger partial charge in [-0.2, -0.15) is 0 Å². The van der Waals surface area contributed by atoms with Crippen molar-refractivity contribution < 1.29 is 12.9 Å². The molecule has 1 nitrogen and oxygen atoms in total. The Hall–Kier alpha value is -0.185. The van der Waals surface area contributed by atoms with Crippen LogP contribution in [0.1, 0.15) is 13.8 Å². The van der Waals surface area contributed by atoms with E-state index in [9.17, 15) is 12.9 Å². The number of nitrogens with two attached hydrogens (primary N) is 1. The lowest BCUT2D eigenvalue weighted by atomic mass is 9.74. The third-order valence-electron chi connectivity index (χ3n) is 1.21. The summed E-state index contributed by atoms with van der Waals surface area (Å²) in [5, 5.41) is 0. The molecule has 0 aliphatic rings. The molecular formula is C4H10BF3N-. The molecule has 9 heavy (non-hydrogen) atoms. The third-order valence-corrected chi connectivity index (χ3v) is 1.21. The highest BCUT2D eigenvalue weighted by Crippen LogP contribution is 2.17. The van der Waals surface area contributed by atoms with E-state index in [0.29, 0.717) is 0 Å². The normalized spacial score (nSPS) is 16.3. The van der Waals surface area contributed by atoms with Gasteiger partial charge in [0, 0.05) is 0 Å². The quantitative estimate of drug-likeness (QED) is 0.575. The van der Waals surface area contributed by atoms with E-state index in [0.717, 1.165) is 0 Å². The predicted molar refractivity (Wildman–Crippen MR) is 31.9 cm³/mol. The van der Waals surface area contributed by atoms with Crippen LogP contribution in [-0.4, -0.2) is 12.9 Å². The van der Waals surface area contributed by atoms with Gasteiger partial charge in [-0.25, -0.2) is 0 Å². The Labute approximate surface area is 52.5 Å². The van der Waals surface area contributed by atoms with Crippen molar-refractivity contribution in [2.45, 2.75) is 19.8 Å². The number of hydrogen-bond acceptors (Lipinski definition) is 1. The summed E-state index contributed by atoms with van der Waals surface area (Å²) in [6.07, 6.45) is 0. The van der Waals surface area contributed by atoms with Gasteiger partial charge in [-0.05, 0) is 5.94 Å². The lowest BCUT2D eigenvalue weighted by Gasteiger charge is -2.25. The number of rotatable bonds is 2. The fourth-order valence-corrected chi connectivity index (χ4v) is 0.436. The minimum absolute atomic E-state index is 0.509. The monoisotopic (exact) mass is 140 g/mol. The van der Waals surface area contributed by atoms with E-state index in [1.807, 2.05) is 0 Å². The summed E-state index contributed by atoms with van der Waals surface area (Å²) in [6.45, 7) is -1.91. The van der Waals surface area contributed by atoms with Crippen LogP contribution in [0.5, 0.6) is 0 Å². The van der Waals surface area contributed by atoms with Gasteiger partial charge in [0.1, 0.15) is 0 Å². The topological polar surface area (TPSA) is 26.0 Å². The second-order valence-corrected chi connectivity index (χ2v) is 2.45. The Balaban J connectivity index is 3.88. The van der Waals surface area contributed by atoms with Crippen LogP contribution in [0.4, 0.5) is 12.9 Å². The molecule has 0 rings (SSSR count). The Morgan fingerprint density at radius 3 is 1.56 bits per heavy atom. The van der Waals surface area contributed by atoms with Crippen LogP contribution in [0.2, 0.25) is 0 Å². The van der Waals surface area contributed by atoms with E-state index < -0.39 is 18.8 Å². The molecule has 1 unspecified atom stereocenters. The molecule has 0 aliphatic heterocycles. The first-order chi connectivity index (χ1) is 3.85. The lowest BCUT2D eigenvalue weighted by molar-refractivity contribution is 0.399. The average molecular weight is 140 g/mol. The van der Waals surface area contributed by atoms with E-state index >= 15 is 0 Å². The maximum atomic E-state index is 11.6. The molecule has 0 radical (unpaired) electrons. The maximum absolute atomic E-state index is 11.6. The summed E-state index contributed by atoms with van der Waals surface area (Å²) in [5.74, 6) is -2.13. The van der Waals surface area contributed by atoms with Crippen LogP contribution in [0.3, 0.4) is 0 Å². The molecule has 56 valence electrons. The van der Waals surface area contributed by atoms with Gasteiger partial charge in [0.15, 0.2) is 0 Å². The second kappa shape index (κ2) is 2.60. The molecule has 0 fully saturated rings. The smallest absolute Gasteiger partial charge is 0.448 e. The van der Waals surface area contributed by atoms with Gasteiger partial charge in [-0.3, -0.25) is 0 Å². The molecule has 5 heteroatoms.